The first-order valence-corrected chi connectivity index (χ1v) is 10.6. The van der Waals surface area contributed by atoms with Crippen LogP contribution in [0.2, 0.25) is 0 Å². The summed E-state index contributed by atoms with van der Waals surface area (Å²) in [7, 11) is -2.23. The molecule has 0 radical (unpaired) electrons. The van der Waals surface area contributed by atoms with E-state index in [4.69, 9.17) is 15.7 Å². The van der Waals surface area contributed by atoms with Gasteiger partial charge in [0.25, 0.3) is 5.91 Å². The van der Waals surface area contributed by atoms with E-state index >= 15 is 0 Å². The molecule has 0 heterocycles. The Morgan fingerprint density at radius 2 is 1.83 bits per heavy atom. The van der Waals surface area contributed by atoms with Gasteiger partial charge in [0.15, 0.2) is 11.6 Å². The second-order valence-electron chi connectivity index (χ2n) is 6.73. The first kappa shape index (κ1) is 22.8. The van der Waals surface area contributed by atoms with Gasteiger partial charge in [0.05, 0.1) is 24.7 Å². The molecule has 0 aliphatic rings. The van der Waals surface area contributed by atoms with Crippen molar-refractivity contribution in [2.24, 2.45) is 10.9 Å². The van der Waals surface area contributed by atoms with E-state index in [0.717, 1.165) is 11.8 Å². The molecule has 0 atom stereocenters. The summed E-state index contributed by atoms with van der Waals surface area (Å²) < 4.78 is 31.2. The Morgan fingerprint density at radius 1 is 1.20 bits per heavy atom. The number of benzene rings is 2. The van der Waals surface area contributed by atoms with Crippen LogP contribution in [0.15, 0.2) is 42.1 Å². The number of hydrogen-bond donors (Lipinski definition) is 4. The van der Waals surface area contributed by atoms with Crippen LogP contribution in [0.4, 0.5) is 11.4 Å². The molecule has 0 aromatic heterocycles. The van der Waals surface area contributed by atoms with Crippen LogP contribution in [0, 0.1) is 6.92 Å². The number of amidine groups is 1. The lowest BCUT2D eigenvalue weighted by molar-refractivity contribution is 0.102. The Hall–Kier alpha value is -3.53. The smallest absolute Gasteiger partial charge is 0.255 e. The van der Waals surface area contributed by atoms with Crippen LogP contribution in [-0.4, -0.2) is 38.7 Å². The molecule has 5 N–H and O–H groups in total. The molecule has 0 bridgehead atoms. The van der Waals surface area contributed by atoms with Gasteiger partial charge in [-0.25, -0.2) is 8.42 Å². The van der Waals surface area contributed by atoms with Crippen molar-refractivity contribution in [3.8, 4) is 5.75 Å². The van der Waals surface area contributed by atoms with Crippen molar-refractivity contribution < 1.29 is 23.2 Å². The van der Waals surface area contributed by atoms with E-state index in [2.05, 4.69) is 21.8 Å². The summed E-state index contributed by atoms with van der Waals surface area (Å²) in [6.45, 7) is 7.38. The Balaban J connectivity index is 2.53. The Labute approximate surface area is 175 Å². The molecule has 2 aromatic rings. The van der Waals surface area contributed by atoms with Crippen molar-refractivity contribution >= 4 is 38.7 Å². The summed E-state index contributed by atoms with van der Waals surface area (Å²) in [5, 5.41) is 14.6. The van der Waals surface area contributed by atoms with E-state index in [1.54, 1.807) is 38.1 Å². The number of oxime groups is 1. The van der Waals surface area contributed by atoms with Gasteiger partial charge in [-0.15, -0.1) is 0 Å². The molecule has 10 heteroatoms. The molecule has 160 valence electrons. The van der Waals surface area contributed by atoms with Gasteiger partial charge in [-0.1, -0.05) is 23.4 Å². The summed E-state index contributed by atoms with van der Waals surface area (Å²) in [5.74, 6) is -0.476. The minimum Gasteiger partial charge on any atom is -0.492 e. The van der Waals surface area contributed by atoms with Gasteiger partial charge in [0, 0.05) is 11.1 Å². The molecule has 2 rings (SSSR count). The molecule has 0 unspecified atom stereocenters. The topological polar surface area (TPSA) is 143 Å². The highest BCUT2D eigenvalue weighted by atomic mass is 32.2. The van der Waals surface area contributed by atoms with Crippen LogP contribution >= 0.6 is 0 Å². The summed E-state index contributed by atoms with van der Waals surface area (Å²) >= 11 is 0. The van der Waals surface area contributed by atoms with Crippen LogP contribution in [-0.2, 0) is 10.0 Å². The fraction of sp³-hybridized carbons (Fsp3) is 0.200. The number of sulfonamides is 1. The predicted octanol–water partition coefficient (Wildman–Crippen LogP) is 2.76. The van der Waals surface area contributed by atoms with Crippen molar-refractivity contribution in [1.29, 1.82) is 0 Å². The summed E-state index contributed by atoms with van der Waals surface area (Å²) in [4.78, 5) is 12.9. The monoisotopic (exact) mass is 432 g/mol. The Morgan fingerprint density at radius 3 is 2.37 bits per heavy atom. The van der Waals surface area contributed by atoms with Crippen molar-refractivity contribution in [3.05, 3.63) is 59.2 Å². The summed E-state index contributed by atoms with van der Waals surface area (Å²) in [5.41, 5.74) is 8.74. The highest BCUT2D eigenvalue weighted by molar-refractivity contribution is 7.92. The number of anilines is 2. The molecule has 0 spiro atoms. The predicted molar refractivity (Wildman–Crippen MR) is 118 cm³/mol. The molecular weight excluding hydrogens is 408 g/mol. The zero-order chi connectivity index (χ0) is 22.6. The van der Waals surface area contributed by atoms with E-state index in [1.165, 1.54) is 13.2 Å². The second kappa shape index (κ2) is 8.87. The highest BCUT2D eigenvalue weighted by Crippen LogP contribution is 2.37. The lowest BCUT2D eigenvalue weighted by atomic mass is 10.0. The van der Waals surface area contributed by atoms with Gasteiger partial charge >= 0.3 is 0 Å². The molecule has 2 aromatic carbocycles. The number of nitrogens with one attached hydrogen (secondary N) is 2. The van der Waals surface area contributed by atoms with Gasteiger partial charge in [-0.2, -0.15) is 0 Å². The zero-order valence-corrected chi connectivity index (χ0v) is 17.9. The van der Waals surface area contributed by atoms with Crippen LogP contribution < -0.4 is 20.5 Å². The van der Waals surface area contributed by atoms with Gasteiger partial charge < -0.3 is 21.0 Å². The van der Waals surface area contributed by atoms with E-state index in [0.29, 0.717) is 16.7 Å². The fourth-order valence-electron chi connectivity index (χ4n) is 2.75. The lowest BCUT2D eigenvalue weighted by Crippen LogP contribution is -2.18. The van der Waals surface area contributed by atoms with Crippen LogP contribution in [0.3, 0.4) is 0 Å². The molecule has 1 amide bonds. The standard InChI is InChI=1S/C20H24N4O5S/c1-11(2)14-9-16(18(29-4)17(10-14)24-30(5,27)28)22-20(25)13-7-6-12(3)15(8-13)19(21)23-26/h6-10,24,26H,1H2,2-5H3,(H2,21,23)(H,22,25). The number of nitrogens with zero attached hydrogens (tertiary/aromatic N) is 1. The molecule has 0 aliphatic carbocycles. The third-order valence-corrected chi connectivity index (χ3v) is 4.80. The highest BCUT2D eigenvalue weighted by Gasteiger charge is 2.18. The molecule has 30 heavy (non-hydrogen) atoms. The van der Waals surface area contributed by atoms with E-state index in [9.17, 15) is 13.2 Å². The lowest BCUT2D eigenvalue weighted by Gasteiger charge is -2.17. The van der Waals surface area contributed by atoms with Crippen molar-refractivity contribution in [3.63, 3.8) is 0 Å². The zero-order valence-electron chi connectivity index (χ0n) is 17.1. The number of nitrogens with two attached hydrogens (primary N) is 1. The van der Waals surface area contributed by atoms with Crippen LogP contribution in [0.1, 0.15) is 34.0 Å². The molecule has 0 fully saturated rings. The number of amides is 1. The van der Waals surface area contributed by atoms with Crippen molar-refractivity contribution in [2.75, 3.05) is 23.4 Å². The largest absolute Gasteiger partial charge is 0.492 e. The maximum Gasteiger partial charge on any atom is 0.255 e. The average molecular weight is 433 g/mol. The van der Waals surface area contributed by atoms with Crippen molar-refractivity contribution in [1.82, 2.24) is 0 Å². The van der Waals surface area contributed by atoms with E-state index in [-0.39, 0.29) is 28.5 Å². The minimum absolute atomic E-state index is 0.122. The number of carbonyl (C=O) groups is 1. The molecule has 9 nitrogen and oxygen atoms in total. The van der Waals surface area contributed by atoms with Crippen LogP contribution in [0.25, 0.3) is 5.57 Å². The molecule has 0 saturated carbocycles. The number of methoxy groups -OCH3 is 1. The first-order valence-electron chi connectivity index (χ1n) is 8.72. The third kappa shape index (κ3) is 5.29. The quantitative estimate of drug-likeness (QED) is 0.229. The van der Waals surface area contributed by atoms with E-state index in [1.807, 2.05) is 0 Å². The number of hydrogen-bond acceptors (Lipinski definition) is 6. The minimum atomic E-state index is -3.60. The number of aryl methyl sites for hydroxylation is 1. The number of allylic oxidation sites excluding steroid dienone is 1. The van der Waals surface area contributed by atoms with Gasteiger partial charge in [0.1, 0.15) is 0 Å². The first-order chi connectivity index (χ1) is 14.0. The fourth-order valence-corrected chi connectivity index (χ4v) is 3.30. The summed E-state index contributed by atoms with van der Waals surface area (Å²) in [6, 6.07) is 7.94. The normalized spacial score (nSPS) is 11.7. The second-order valence-corrected chi connectivity index (χ2v) is 8.48. The molecular formula is C20H24N4O5S. The van der Waals surface area contributed by atoms with Crippen LogP contribution in [0.5, 0.6) is 5.75 Å². The maximum atomic E-state index is 12.9. The SMILES string of the molecule is C=C(C)c1cc(NC(=O)c2ccc(C)c(/C(N)=N/O)c2)c(OC)c(NS(C)(=O)=O)c1. The van der Waals surface area contributed by atoms with E-state index < -0.39 is 15.9 Å². The third-order valence-electron chi connectivity index (χ3n) is 4.21. The average Bonchev–Trinajstić information content (AvgIpc) is 2.66. The van der Waals surface area contributed by atoms with Gasteiger partial charge in [0.2, 0.25) is 10.0 Å². The molecule has 0 saturated heterocycles. The molecule has 0 aliphatic heterocycles. The number of ether oxygens (including phenoxy) is 1. The number of rotatable bonds is 7. The Bertz CT molecular complexity index is 1140. The maximum absolute atomic E-state index is 12.9. The van der Waals surface area contributed by atoms with Crippen molar-refractivity contribution in [2.45, 2.75) is 13.8 Å². The number of carbonyl (C=O) groups excluding carboxylic acids is 1. The Kier molecular flexibility index (Phi) is 6.73. The van der Waals surface area contributed by atoms with Gasteiger partial charge in [-0.05, 0) is 49.2 Å². The summed E-state index contributed by atoms with van der Waals surface area (Å²) in [6.07, 6.45) is 1.01. The van der Waals surface area contributed by atoms with Gasteiger partial charge in [-0.3, -0.25) is 9.52 Å².